The third kappa shape index (κ3) is 3.50. The van der Waals surface area contributed by atoms with Crippen molar-refractivity contribution in [1.82, 2.24) is 5.32 Å². The van der Waals surface area contributed by atoms with Crippen LogP contribution in [-0.2, 0) is 9.53 Å². The standard InChI is InChI=1S/C14H18N4O2/c1-20-14(19)13(16-8-9-17-18-15)12-5-3-2-4-11(12)10-6-7-10/h2-5,10,13,16H,6-9H2,1H3. The van der Waals surface area contributed by atoms with Crippen molar-refractivity contribution in [3.8, 4) is 0 Å². The summed E-state index contributed by atoms with van der Waals surface area (Å²) in [5, 5.41) is 6.56. The Kier molecular flexibility index (Phi) is 4.98. The summed E-state index contributed by atoms with van der Waals surface area (Å²) in [6.07, 6.45) is 2.34. The maximum atomic E-state index is 12.0. The van der Waals surface area contributed by atoms with E-state index in [1.807, 2.05) is 18.2 Å². The molecule has 106 valence electrons. The number of ether oxygens (including phenoxy) is 1. The number of esters is 1. The predicted molar refractivity (Wildman–Crippen MR) is 75.2 cm³/mol. The molecule has 1 atom stereocenters. The van der Waals surface area contributed by atoms with Gasteiger partial charge in [0.15, 0.2) is 0 Å². The smallest absolute Gasteiger partial charge is 0.327 e. The van der Waals surface area contributed by atoms with Crippen LogP contribution in [0, 0.1) is 0 Å². The summed E-state index contributed by atoms with van der Waals surface area (Å²) >= 11 is 0. The molecule has 0 spiro atoms. The molecule has 0 amide bonds. The fourth-order valence-electron chi connectivity index (χ4n) is 2.28. The van der Waals surface area contributed by atoms with Crippen LogP contribution in [0.25, 0.3) is 10.4 Å². The lowest BCUT2D eigenvalue weighted by molar-refractivity contribution is -0.143. The maximum Gasteiger partial charge on any atom is 0.327 e. The Bertz CT molecular complexity index is 522. The van der Waals surface area contributed by atoms with Crippen molar-refractivity contribution in [2.45, 2.75) is 24.8 Å². The lowest BCUT2D eigenvalue weighted by Crippen LogP contribution is -2.32. The number of hydrogen-bond acceptors (Lipinski definition) is 4. The number of rotatable bonds is 7. The summed E-state index contributed by atoms with van der Waals surface area (Å²) < 4.78 is 4.87. The van der Waals surface area contributed by atoms with Gasteiger partial charge < -0.3 is 10.1 Å². The number of azide groups is 1. The Balaban J connectivity index is 2.17. The summed E-state index contributed by atoms with van der Waals surface area (Å²) in [7, 11) is 1.38. The van der Waals surface area contributed by atoms with Gasteiger partial charge in [0.1, 0.15) is 6.04 Å². The van der Waals surface area contributed by atoms with Crippen molar-refractivity contribution in [1.29, 1.82) is 0 Å². The van der Waals surface area contributed by atoms with Crippen LogP contribution in [0.15, 0.2) is 29.4 Å². The first-order valence-electron chi connectivity index (χ1n) is 6.68. The molecular formula is C14H18N4O2. The highest BCUT2D eigenvalue weighted by molar-refractivity contribution is 5.78. The van der Waals surface area contributed by atoms with Gasteiger partial charge in [-0.1, -0.05) is 29.4 Å². The molecule has 1 saturated carbocycles. The number of hydrogen-bond donors (Lipinski definition) is 1. The number of carbonyl (C=O) groups excluding carboxylic acids is 1. The van der Waals surface area contributed by atoms with Gasteiger partial charge >= 0.3 is 5.97 Å². The normalized spacial score (nSPS) is 15.2. The number of nitrogens with zero attached hydrogens (tertiary/aromatic N) is 3. The largest absolute Gasteiger partial charge is 0.468 e. The van der Waals surface area contributed by atoms with Crippen molar-refractivity contribution in [2.75, 3.05) is 20.2 Å². The second-order valence-electron chi connectivity index (χ2n) is 4.77. The minimum absolute atomic E-state index is 0.301. The molecule has 0 aromatic heterocycles. The number of methoxy groups -OCH3 is 1. The lowest BCUT2D eigenvalue weighted by Gasteiger charge is -2.19. The molecule has 0 saturated heterocycles. The molecule has 0 heterocycles. The molecule has 20 heavy (non-hydrogen) atoms. The molecule has 1 unspecified atom stereocenters. The average molecular weight is 274 g/mol. The molecule has 0 aliphatic heterocycles. The highest BCUT2D eigenvalue weighted by Crippen LogP contribution is 2.43. The van der Waals surface area contributed by atoms with E-state index in [0.29, 0.717) is 19.0 Å². The first-order valence-corrected chi connectivity index (χ1v) is 6.68. The first kappa shape index (κ1) is 14.4. The van der Waals surface area contributed by atoms with Crippen LogP contribution in [0.2, 0.25) is 0 Å². The third-order valence-corrected chi connectivity index (χ3v) is 3.38. The minimum atomic E-state index is -0.509. The van der Waals surface area contributed by atoms with Gasteiger partial charge in [0, 0.05) is 18.0 Å². The fourth-order valence-corrected chi connectivity index (χ4v) is 2.28. The second kappa shape index (κ2) is 6.93. The van der Waals surface area contributed by atoms with Gasteiger partial charge in [-0.2, -0.15) is 0 Å². The molecule has 2 rings (SSSR count). The van der Waals surface area contributed by atoms with E-state index in [0.717, 1.165) is 5.56 Å². The van der Waals surface area contributed by atoms with E-state index in [-0.39, 0.29) is 5.97 Å². The highest BCUT2D eigenvalue weighted by Gasteiger charge is 2.30. The summed E-state index contributed by atoms with van der Waals surface area (Å²) in [6, 6.07) is 7.43. The summed E-state index contributed by atoms with van der Waals surface area (Å²) in [6.45, 7) is 0.735. The van der Waals surface area contributed by atoms with E-state index >= 15 is 0 Å². The van der Waals surface area contributed by atoms with E-state index in [9.17, 15) is 4.79 Å². The molecular weight excluding hydrogens is 256 g/mol. The zero-order valence-electron chi connectivity index (χ0n) is 11.5. The molecule has 6 nitrogen and oxygen atoms in total. The van der Waals surface area contributed by atoms with Crippen molar-refractivity contribution < 1.29 is 9.53 Å². The van der Waals surface area contributed by atoms with Gasteiger partial charge in [0.25, 0.3) is 0 Å². The molecule has 1 aliphatic rings. The molecule has 0 radical (unpaired) electrons. The molecule has 1 aromatic rings. The Labute approximate surface area is 117 Å². The monoisotopic (exact) mass is 274 g/mol. The molecule has 1 aromatic carbocycles. The molecule has 1 N–H and O–H groups in total. The van der Waals surface area contributed by atoms with Crippen molar-refractivity contribution in [2.24, 2.45) is 5.11 Å². The van der Waals surface area contributed by atoms with Gasteiger partial charge in [-0.05, 0) is 35.4 Å². The summed E-state index contributed by atoms with van der Waals surface area (Å²) in [4.78, 5) is 14.7. The number of carbonyl (C=O) groups is 1. The number of nitrogens with one attached hydrogen (secondary N) is 1. The van der Waals surface area contributed by atoms with Crippen molar-refractivity contribution in [3.63, 3.8) is 0 Å². The molecule has 1 aliphatic carbocycles. The minimum Gasteiger partial charge on any atom is -0.468 e. The van der Waals surface area contributed by atoms with Crippen molar-refractivity contribution >= 4 is 5.97 Å². The highest BCUT2D eigenvalue weighted by atomic mass is 16.5. The summed E-state index contributed by atoms with van der Waals surface area (Å²) in [5.74, 6) is 0.233. The van der Waals surface area contributed by atoms with Gasteiger partial charge in [-0.25, -0.2) is 4.79 Å². The Hall–Kier alpha value is -2.04. The fraction of sp³-hybridized carbons (Fsp3) is 0.500. The maximum absolute atomic E-state index is 12.0. The van der Waals surface area contributed by atoms with E-state index in [4.69, 9.17) is 10.3 Å². The van der Waals surface area contributed by atoms with Gasteiger partial charge in [-0.3, -0.25) is 0 Å². The van der Waals surface area contributed by atoms with Crippen LogP contribution in [0.4, 0.5) is 0 Å². The van der Waals surface area contributed by atoms with Crippen LogP contribution < -0.4 is 5.32 Å². The van der Waals surface area contributed by atoms with Crippen molar-refractivity contribution in [3.05, 3.63) is 45.8 Å². The van der Waals surface area contributed by atoms with Crippen LogP contribution in [0.3, 0.4) is 0 Å². The topological polar surface area (TPSA) is 87.1 Å². The van der Waals surface area contributed by atoms with E-state index in [1.54, 1.807) is 0 Å². The zero-order chi connectivity index (χ0) is 14.4. The molecule has 1 fully saturated rings. The first-order chi connectivity index (χ1) is 9.77. The Morgan fingerprint density at radius 2 is 2.30 bits per heavy atom. The Morgan fingerprint density at radius 3 is 2.95 bits per heavy atom. The lowest BCUT2D eigenvalue weighted by atomic mass is 9.97. The van der Waals surface area contributed by atoms with Gasteiger partial charge in [-0.15, -0.1) is 0 Å². The van der Waals surface area contributed by atoms with Crippen LogP contribution in [-0.4, -0.2) is 26.2 Å². The van der Waals surface area contributed by atoms with Crippen LogP contribution in [0.5, 0.6) is 0 Å². The van der Waals surface area contributed by atoms with Crippen LogP contribution in [0.1, 0.15) is 35.9 Å². The van der Waals surface area contributed by atoms with Gasteiger partial charge in [0.2, 0.25) is 0 Å². The zero-order valence-corrected chi connectivity index (χ0v) is 11.5. The molecule has 6 heteroatoms. The van der Waals surface area contributed by atoms with Crippen LogP contribution >= 0.6 is 0 Å². The second-order valence-corrected chi connectivity index (χ2v) is 4.77. The summed E-state index contributed by atoms with van der Waals surface area (Å²) in [5.41, 5.74) is 10.4. The van der Waals surface area contributed by atoms with E-state index < -0.39 is 6.04 Å². The predicted octanol–water partition coefficient (Wildman–Crippen LogP) is 2.68. The average Bonchev–Trinajstić information content (AvgIpc) is 3.31. The third-order valence-electron chi connectivity index (χ3n) is 3.38. The van der Waals surface area contributed by atoms with E-state index in [2.05, 4.69) is 21.4 Å². The van der Waals surface area contributed by atoms with E-state index in [1.165, 1.54) is 25.5 Å². The number of benzene rings is 1. The van der Waals surface area contributed by atoms with Gasteiger partial charge in [0.05, 0.1) is 7.11 Å². The Morgan fingerprint density at radius 1 is 1.55 bits per heavy atom. The molecule has 0 bridgehead atoms. The quantitative estimate of drug-likeness (QED) is 0.272. The SMILES string of the molecule is COC(=O)C(NCCN=[N+]=[N-])c1ccccc1C1CC1.